The average Bonchev–Trinajstić information content (AvgIpc) is 2.87. The quantitative estimate of drug-likeness (QED) is 0.749. The normalized spacial score (nSPS) is 29.1. The molecule has 2 saturated heterocycles. The van der Waals surface area contributed by atoms with E-state index >= 15 is 0 Å². The van der Waals surface area contributed by atoms with E-state index in [9.17, 15) is 9.59 Å². The topological polar surface area (TPSA) is 84.9 Å². The van der Waals surface area contributed by atoms with Gasteiger partial charge in [-0.2, -0.15) is 0 Å². The number of amides is 1. The van der Waals surface area contributed by atoms with Crippen LogP contribution in [-0.2, 0) is 19.1 Å². The lowest BCUT2D eigenvalue weighted by atomic mass is 10.0. The summed E-state index contributed by atoms with van der Waals surface area (Å²) in [6.45, 7) is 2.13. The van der Waals surface area contributed by atoms with Crippen LogP contribution in [0, 0.1) is 5.92 Å². The van der Waals surface area contributed by atoms with Crippen molar-refractivity contribution in [2.75, 3.05) is 19.8 Å². The molecule has 0 aromatic carbocycles. The van der Waals surface area contributed by atoms with Gasteiger partial charge in [0.15, 0.2) is 6.10 Å². The van der Waals surface area contributed by atoms with Gasteiger partial charge in [-0.3, -0.25) is 4.79 Å². The van der Waals surface area contributed by atoms with Crippen LogP contribution in [-0.4, -0.2) is 48.9 Å². The number of ether oxygens (including phenoxy) is 2. The largest absolute Gasteiger partial charge is 0.479 e. The first-order valence-electron chi connectivity index (χ1n) is 6.40. The molecule has 0 radical (unpaired) electrons. The van der Waals surface area contributed by atoms with Gasteiger partial charge in [0, 0.05) is 19.8 Å². The second kappa shape index (κ2) is 6.15. The molecule has 0 unspecified atom stereocenters. The molecule has 0 aromatic rings. The third-order valence-corrected chi connectivity index (χ3v) is 3.49. The fourth-order valence-corrected chi connectivity index (χ4v) is 2.32. The van der Waals surface area contributed by atoms with Crippen LogP contribution in [0.4, 0.5) is 0 Å². The molecule has 18 heavy (non-hydrogen) atoms. The maximum atomic E-state index is 11.8. The maximum absolute atomic E-state index is 11.8. The highest BCUT2D eigenvalue weighted by Gasteiger charge is 2.34. The Morgan fingerprint density at radius 1 is 1.11 bits per heavy atom. The van der Waals surface area contributed by atoms with Gasteiger partial charge >= 0.3 is 5.97 Å². The van der Waals surface area contributed by atoms with Crippen molar-refractivity contribution in [3.8, 4) is 0 Å². The Hall–Kier alpha value is -1.14. The zero-order valence-electron chi connectivity index (χ0n) is 10.3. The van der Waals surface area contributed by atoms with Gasteiger partial charge in [-0.05, 0) is 31.6 Å². The van der Waals surface area contributed by atoms with E-state index in [4.69, 9.17) is 14.6 Å². The summed E-state index contributed by atoms with van der Waals surface area (Å²) in [4.78, 5) is 22.5. The summed E-state index contributed by atoms with van der Waals surface area (Å²) in [7, 11) is 0. The minimum atomic E-state index is -0.991. The summed E-state index contributed by atoms with van der Waals surface area (Å²) >= 11 is 0. The molecule has 102 valence electrons. The summed E-state index contributed by atoms with van der Waals surface area (Å²) in [5.41, 5.74) is 0. The molecule has 2 heterocycles. The van der Waals surface area contributed by atoms with Crippen molar-refractivity contribution in [1.29, 1.82) is 0 Å². The highest BCUT2D eigenvalue weighted by atomic mass is 16.5. The van der Waals surface area contributed by atoms with Crippen molar-refractivity contribution in [3.63, 3.8) is 0 Å². The van der Waals surface area contributed by atoms with Crippen LogP contribution >= 0.6 is 0 Å². The van der Waals surface area contributed by atoms with Gasteiger partial charge < -0.3 is 19.9 Å². The van der Waals surface area contributed by atoms with Gasteiger partial charge in [0.2, 0.25) is 5.91 Å². The summed E-state index contributed by atoms with van der Waals surface area (Å²) in [5.74, 6) is -0.723. The Labute approximate surface area is 106 Å². The molecule has 0 aromatic heterocycles. The molecule has 6 nitrogen and oxygen atoms in total. The summed E-state index contributed by atoms with van der Waals surface area (Å²) in [6, 6.07) is 0. The molecule has 2 N–H and O–H groups in total. The lowest BCUT2D eigenvalue weighted by molar-refractivity contribution is -0.151. The predicted octanol–water partition coefficient (Wildman–Crippen LogP) is 0.161. The van der Waals surface area contributed by atoms with Crippen LogP contribution in [0.5, 0.6) is 0 Å². The van der Waals surface area contributed by atoms with Crippen molar-refractivity contribution < 1.29 is 24.2 Å². The first-order valence-corrected chi connectivity index (χ1v) is 6.40. The fourth-order valence-electron chi connectivity index (χ4n) is 2.32. The minimum absolute atomic E-state index is 0.190. The molecule has 1 amide bonds. The Morgan fingerprint density at radius 3 is 2.39 bits per heavy atom. The Bertz CT molecular complexity index is 314. The number of hydrogen-bond acceptors (Lipinski definition) is 4. The van der Waals surface area contributed by atoms with Crippen molar-refractivity contribution in [2.45, 2.75) is 37.9 Å². The number of carboxylic acids is 1. The molecule has 6 heteroatoms. The van der Waals surface area contributed by atoms with E-state index in [2.05, 4.69) is 5.32 Å². The van der Waals surface area contributed by atoms with E-state index in [0.29, 0.717) is 25.3 Å². The number of aliphatic carboxylic acids is 1. The van der Waals surface area contributed by atoms with Gasteiger partial charge in [-0.1, -0.05) is 0 Å². The van der Waals surface area contributed by atoms with E-state index < -0.39 is 18.2 Å². The third kappa shape index (κ3) is 3.43. The Kier molecular flexibility index (Phi) is 4.54. The highest BCUT2D eigenvalue weighted by molar-refractivity contribution is 5.82. The van der Waals surface area contributed by atoms with Gasteiger partial charge in [0.05, 0.1) is 0 Å². The Morgan fingerprint density at radius 2 is 1.78 bits per heavy atom. The van der Waals surface area contributed by atoms with Gasteiger partial charge in [-0.25, -0.2) is 4.79 Å². The monoisotopic (exact) mass is 257 g/mol. The fraction of sp³-hybridized carbons (Fsp3) is 0.833. The van der Waals surface area contributed by atoms with E-state index in [1.54, 1.807) is 0 Å². The van der Waals surface area contributed by atoms with E-state index in [-0.39, 0.29) is 5.91 Å². The number of rotatable bonds is 4. The van der Waals surface area contributed by atoms with Crippen LogP contribution in [0.2, 0.25) is 0 Å². The standard InChI is InChI=1S/C12H19NO5/c14-11(9-1-2-10(18-9)12(15)16)13-7-8-3-5-17-6-4-8/h8-10H,1-7H2,(H,13,14)(H,15,16)/t9-,10+/m0/s1. The number of hydrogen-bond donors (Lipinski definition) is 2. The Balaban J connectivity index is 1.70. The van der Waals surface area contributed by atoms with Crippen molar-refractivity contribution in [3.05, 3.63) is 0 Å². The maximum Gasteiger partial charge on any atom is 0.332 e. The van der Waals surface area contributed by atoms with E-state index in [1.807, 2.05) is 0 Å². The van der Waals surface area contributed by atoms with E-state index in [0.717, 1.165) is 26.1 Å². The number of carboxylic acid groups (broad SMARTS) is 1. The zero-order valence-corrected chi connectivity index (χ0v) is 10.3. The van der Waals surface area contributed by atoms with Crippen LogP contribution in [0.1, 0.15) is 25.7 Å². The molecule has 2 aliphatic heterocycles. The summed E-state index contributed by atoms with van der Waals surface area (Å²) in [6.07, 6.45) is 1.38. The average molecular weight is 257 g/mol. The van der Waals surface area contributed by atoms with Gasteiger partial charge in [0.1, 0.15) is 6.10 Å². The van der Waals surface area contributed by atoms with Crippen molar-refractivity contribution >= 4 is 11.9 Å². The summed E-state index contributed by atoms with van der Waals surface area (Å²) < 4.78 is 10.4. The van der Waals surface area contributed by atoms with Crippen molar-refractivity contribution in [1.82, 2.24) is 5.32 Å². The first-order chi connectivity index (χ1) is 8.66. The van der Waals surface area contributed by atoms with Crippen LogP contribution in [0.25, 0.3) is 0 Å². The number of nitrogens with one attached hydrogen (secondary N) is 1. The second-order valence-corrected chi connectivity index (χ2v) is 4.83. The van der Waals surface area contributed by atoms with E-state index in [1.165, 1.54) is 0 Å². The molecule has 2 rings (SSSR count). The van der Waals surface area contributed by atoms with Crippen LogP contribution < -0.4 is 5.32 Å². The molecule has 0 bridgehead atoms. The van der Waals surface area contributed by atoms with Crippen LogP contribution in [0.3, 0.4) is 0 Å². The molecule has 0 spiro atoms. The first kappa shape index (κ1) is 13.3. The molecular weight excluding hydrogens is 238 g/mol. The minimum Gasteiger partial charge on any atom is -0.479 e. The zero-order chi connectivity index (χ0) is 13.0. The van der Waals surface area contributed by atoms with Crippen LogP contribution in [0.15, 0.2) is 0 Å². The number of carbonyl (C=O) groups excluding carboxylic acids is 1. The second-order valence-electron chi connectivity index (χ2n) is 4.83. The SMILES string of the molecule is O=C(NCC1CCOCC1)[C@@H]1CC[C@H](C(=O)O)O1. The summed E-state index contributed by atoms with van der Waals surface area (Å²) in [5, 5.41) is 11.6. The highest BCUT2D eigenvalue weighted by Crippen LogP contribution is 2.20. The molecule has 0 saturated carbocycles. The smallest absolute Gasteiger partial charge is 0.332 e. The third-order valence-electron chi connectivity index (χ3n) is 3.49. The lowest BCUT2D eigenvalue weighted by Crippen LogP contribution is -2.39. The molecular formula is C12H19NO5. The molecule has 2 aliphatic rings. The lowest BCUT2D eigenvalue weighted by Gasteiger charge is -2.22. The number of carbonyl (C=O) groups is 2. The predicted molar refractivity (Wildman–Crippen MR) is 62.1 cm³/mol. The van der Waals surface area contributed by atoms with Gasteiger partial charge in [-0.15, -0.1) is 0 Å². The molecule has 2 atom stereocenters. The van der Waals surface area contributed by atoms with Crippen molar-refractivity contribution in [2.24, 2.45) is 5.92 Å². The molecule has 0 aliphatic carbocycles. The molecule has 2 fully saturated rings. The van der Waals surface area contributed by atoms with Gasteiger partial charge in [0.25, 0.3) is 0 Å².